The monoisotopic (exact) mass is 365 g/mol. The lowest BCUT2D eigenvalue weighted by atomic mass is 10.0. The zero-order valence-corrected chi connectivity index (χ0v) is 15.5. The number of carbonyl (C=O) groups excluding carboxylic acids is 1. The molecule has 0 aromatic carbocycles. The first-order chi connectivity index (χ1) is 13.1. The molecule has 0 aliphatic heterocycles. The average Bonchev–Trinajstić information content (AvgIpc) is 3.41. The lowest BCUT2D eigenvalue weighted by molar-refractivity contribution is -0.122. The van der Waals surface area contributed by atoms with Crippen LogP contribution in [-0.4, -0.2) is 35.3 Å². The molecular weight excluding hydrogens is 342 g/mol. The number of anilines is 2. The summed E-state index contributed by atoms with van der Waals surface area (Å²) < 4.78 is 3.70. The second kappa shape index (κ2) is 7.30. The summed E-state index contributed by atoms with van der Waals surface area (Å²) in [5.74, 6) is 1.07. The first-order valence-corrected chi connectivity index (χ1v) is 9.28. The molecule has 0 spiro atoms. The fraction of sp³-hybridized carbons (Fsp3) is 0.421. The third-order valence-electron chi connectivity index (χ3n) is 5.10. The van der Waals surface area contributed by atoms with E-state index in [1.807, 2.05) is 43.3 Å². The van der Waals surface area contributed by atoms with Crippen LogP contribution < -0.4 is 5.32 Å². The molecule has 2 atom stereocenters. The smallest absolute Gasteiger partial charge is 0.227 e. The Bertz CT molecular complexity index is 945. The zero-order chi connectivity index (χ0) is 18.8. The van der Waals surface area contributed by atoms with E-state index < -0.39 is 0 Å². The number of hydrogen-bond acceptors (Lipinski definition) is 6. The lowest BCUT2D eigenvalue weighted by Gasteiger charge is -2.10. The molecule has 8 nitrogen and oxygen atoms in total. The molecule has 0 radical (unpaired) electrons. The Balaban J connectivity index is 1.48. The lowest BCUT2D eigenvalue weighted by Crippen LogP contribution is -2.11. The molecule has 0 amide bonds. The highest BCUT2D eigenvalue weighted by atomic mass is 16.1. The number of ketones is 1. The number of Topliss-reactive ketones (excluding diaryl/α,β-unsaturated/α-hetero) is 1. The van der Waals surface area contributed by atoms with Gasteiger partial charge in [0.05, 0.1) is 29.8 Å². The maximum absolute atomic E-state index is 11.9. The van der Waals surface area contributed by atoms with Crippen LogP contribution in [0.25, 0.3) is 11.3 Å². The number of rotatable bonds is 6. The standard InChI is InChI=1S/C19H23N7O/c1-3-18(27)13-4-5-16(8-13)26-11-14(9-22-26)17-6-7-20-19(24-17)23-15-10-21-25(2)12-15/h6-7,9-13,16H,3-5,8H2,1-2H3,(H,20,23,24). The first-order valence-electron chi connectivity index (χ1n) is 9.28. The summed E-state index contributed by atoms with van der Waals surface area (Å²) in [7, 11) is 1.86. The summed E-state index contributed by atoms with van der Waals surface area (Å²) in [6.07, 6.45) is 12.6. The Labute approximate surface area is 157 Å². The van der Waals surface area contributed by atoms with Gasteiger partial charge in [0, 0.05) is 43.5 Å². The van der Waals surface area contributed by atoms with Crippen molar-refractivity contribution in [3.8, 4) is 11.3 Å². The molecule has 1 fully saturated rings. The molecule has 3 aromatic heterocycles. The molecule has 140 valence electrons. The van der Waals surface area contributed by atoms with Crippen molar-refractivity contribution in [3.05, 3.63) is 37.1 Å². The van der Waals surface area contributed by atoms with Crippen molar-refractivity contribution in [1.29, 1.82) is 0 Å². The van der Waals surface area contributed by atoms with Gasteiger partial charge >= 0.3 is 0 Å². The number of aromatic nitrogens is 6. The minimum Gasteiger partial charge on any atom is -0.321 e. The van der Waals surface area contributed by atoms with Gasteiger partial charge in [-0.3, -0.25) is 14.2 Å². The Morgan fingerprint density at radius 3 is 2.93 bits per heavy atom. The zero-order valence-electron chi connectivity index (χ0n) is 15.5. The second-order valence-corrected chi connectivity index (χ2v) is 6.99. The molecule has 2 unspecified atom stereocenters. The molecule has 0 saturated heterocycles. The van der Waals surface area contributed by atoms with Gasteiger partial charge in [0.25, 0.3) is 0 Å². The van der Waals surface area contributed by atoms with Crippen LogP contribution in [0.1, 0.15) is 38.6 Å². The molecule has 1 saturated carbocycles. The molecule has 3 aromatic rings. The van der Waals surface area contributed by atoms with Crippen LogP contribution in [0.5, 0.6) is 0 Å². The highest BCUT2D eigenvalue weighted by molar-refractivity contribution is 5.80. The normalized spacial score (nSPS) is 19.3. The van der Waals surface area contributed by atoms with E-state index in [0.717, 1.165) is 36.2 Å². The summed E-state index contributed by atoms with van der Waals surface area (Å²) >= 11 is 0. The quantitative estimate of drug-likeness (QED) is 0.722. The van der Waals surface area contributed by atoms with Crippen LogP contribution in [-0.2, 0) is 11.8 Å². The topological polar surface area (TPSA) is 90.5 Å². The summed E-state index contributed by atoms with van der Waals surface area (Å²) in [6.45, 7) is 1.94. The van der Waals surface area contributed by atoms with E-state index in [2.05, 4.69) is 25.5 Å². The Kier molecular flexibility index (Phi) is 4.70. The van der Waals surface area contributed by atoms with E-state index in [4.69, 9.17) is 0 Å². The highest BCUT2D eigenvalue weighted by Gasteiger charge is 2.30. The van der Waals surface area contributed by atoms with E-state index in [1.165, 1.54) is 0 Å². The van der Waals surface area contributed by atoms with Crippen molar-refractivity contribution < 1.29 is 4.79 Å². The maximum atomic E-state index is 11.9. The minimum atomic E-state index is 0.182. The number of carbonyl (C=O) groups is 1. The molecule has 1 N–H and O–H groups in total. The van der Waals surface area contributed by atoms with Gasteiger partial charge in [-0.25, -0.2) is 9.97 Å². The van der Waals surface area contributed by atoms with Crippen LogP contribution in [0, 0.1) is 5.92 Å². The third kappa shape index (κ3) is 3.74. The largest absolute Gasteiger partial charge is 0.321 e. The summed E-state index contributed by atoms with van der Waals surface area (Å²) in [6, 6.07) is 2.16. The van der Waals surface area contributed by atoms with Crippen molar-refractivity contribution in [2.75, 3.05) is 5.32 Å². The van der Waals surface area contributed by atoms with Gasteiger partial charge in [-0.05, 0) is 25.3 Å². The van der Waals surface area contributed by atoms with E-state index in [0.29, 0.717) is 18.2 Å². The molecule has 1 aliphatic rings. The van der Waals surface area contributed by atoms with Gasteiger partial charge in [0.2, 0.25) is 5.95 Å². The van der Waals surface area contributed by atoms with Crippen molar-refractivity contribution in [2.45, 2.75) is 38.6 Å². The summed E-state index contributed by atoms with van der Waals surface area (Å²) in [5.41, 5.74) is 2.58. The molecule has 4 rings (SSSR count). The third-order valence-corrected chi connectivity index (χ3v) is 5.10. The van der Waals surface area contributed by atoms with Gasteiger partial charge < -0.3 is 5.32 Å². The van der Waals surface area contributed by atoms with Gasteiger partial charge in [-0.15, -0.1) is 0 Å². The van der Waals surface area contributed by atoms with Crippen LogP contribution >= 0.6 is 0 Å². The summed E-state index contributed by atoms with van der Waals surface area (Å²) in [4.78, 5) is 20.8. The maximum Gasteiger partial charge on any atom is 0.227 e. The van der Waals surface area contributed by atoms with Crippen molar-refractivity contribution in [1.82, 2.24) is 29.5 Å². The van der Waals surface area contributed by atoms with Crippen molar-refractivity contribution in [2.24, 2.45) is 13.0 Å². The van der Waals surface area contributed by atoms with E-state index in [9.17, 15) is 4.79 Å². The Morgan fingerprint density at radius 1 is 1.26 bits per heavy atom. The van der Waals surface area contributed by atoms with Crippen LogP contribution in [0.2, 0.25) is 0 Å². The fourth-order valence-corrected chi connectivity index (χ4v) is 3.64. The van der Waals surface area contributed by atoms with Gasteiger partial charge in [-0.1, -0.05) is 6.92 Å². The van der Waals surface area contributed by atoms with E-state index in [1.54, 1.807) is 17.1 Å². The number of nitrogens with zero attached hydrogens (tertiary/aromatic N) is 6. The van der Waals surface area contributed by atoms with Crippen molar-refractivity contribution >= 4 is 17.4 Å². The van der Waals surface area contributed by atoms with E-state index in [-0.39, 0.29) is 12.0 Å². The van der Waals surface area contributed by atoms with Crippen LogP contribution in [0.4, 0.5) is 11.6 Å². The number of hydrogen-bond donors (Lipinski definition) is 1. The van der Waals surface area contributed by atoms with Gasteiger partial charge in [0.1, 0.15) is 5.78 Å². The SMILES string of the molecule is CCC(=O)C1CCC(n2cc(-c3ccnc(Nc4cnn(C)c4)n3)cn2)C1. The number of aryl methyl sites for hydroxylation is 1. The minimum absolute atomic E-state index is 0.182. The van der Waals surface area contributed by atoms with Gasteiger partial charge in [-0.2, -0.15) is 10.2 Å². The Morgan fingerprint density at radius 2 is 2.15 bits per heavy atom. The predicted octanol–water partition coefficient (Wildman–Crippen LogP) is 3.14. The van der Waals surface area contributed by atoms with Crippen LogP contribution in [0.3, 0.4) is 0 Å². The highest BCUT2D eigenvalue weighted by Crippen LogP contribution is 2.36. The van der Waals surface area contributed by atoms with Crippen molar-refractivity contribution in [3.63, 3.8) is 0 Å². The predicted molar refractivity (Wildman–Crippen MR) is 101 cm³/mol. The second-order valence-electron chi connectivity index (χ2n) is 6.99. The molecule has 0 bridgehead atoms. The van der Waals surface area contributed by atoms with Gasteiger partial charge in [0.15, 0.2) is 0 Å². The summed E-state index contributed by atoms with van der Waals surface area (Å²) in [5, 5.41) is 11.8. The average molecular weight is 365 g/mol. The first kappa shape index (κ1) is 17.4. The molecule has 1 aliphatic carbocycles. The number of nitrogens with one attached hydrogen (secondary N) is 1. The molecular formula is C19H23N7O. The van der Waals surface area contributed by atoms with Crippen LogP contribution in [0.15, 0.2) is 37.1 Å². The fourth-order valence-electron chi connectivity index (χ4n) is 3.64. The molecule has 27 heavy (non-hydrogen) atoms. The molecule has 3 heterocycles. The Hall–Kier alpha value is -3.03. The van der Waals surface area contributed by atoms with E-state index >= 15 is 0 Å². The molecule has 8 heteroatoms.